The number of halogens is 2. The number of hydrogen-bond donors (Lipinski definition) is 0. The first kappa shape index (κ1) is 14.2. The van der Waals surface area contributed by atoms with Crippen molar-refractivity contribution >= 4 is 38.5 Å². The minimum atomic E-state index is 0.167. The number of rotatable bonds is 5. The molecule has 3 rings (SSSR count). The van der Waals surface area contributed by atoms with E-state index in [4.69, 9.17) is 25.6 Å². The molecule has 108 valence electrons. The van der Waals surface area contributed by atoms with Gasteiger partial charge in [0.15, 0.2) is 5.58 Å². The molecule has 0 saturated carbocycles. The summed E-state index contributed by atoms with van der Waals surface area (Å²) < 4.78 is 16.6. The van der Waals surface area contributed by atoms with Crippen LogP contribution in [0.15, 0.2) is 16.7 Å². The molecule has 1 saturated heterocycles. The number of aryl methyl sites for hydroxylation is 1. The Labute approximate surface area is 130 Å². The standard InChI is InChI=1S/C14H15BrClNO3/c15-4-3-12-10-6-11(16)14(7-13(10)20-17-12)19-8-9-2-1-5-18-9/h6-7,9H,1-5,8H2. The zero-order valence-electron chi connectivity index (χ0n) is 10.9. The molecule has 1 fully saturated rings. The van der Waals surface area contributed by atoms with E-state index >= 15 is 0 Å². The number of fused-ring (bicyclic) bond motifs is 1. The van der Waals surface area contributed by atoms with Gasteiger partial charge >= 0.3 is 0 Å². The first-order valence-electron chi connectivity index (χ1n) is 6.66. The molecule has 0 bridgehead atoms. The van der Waals surface area contributed by atoms with E-state index < -0.39 is 0 Å². The number of ether oxygens (including phenoxy) is 2. The van der Waals surface area contributed by atoms with Gasteiger partial charge in [0.2, 0.25) is 0 Å². The van der Waals surface area contributed by atoms with Crippen molar-refractivity contribution in [1.29, 1.82) is 0 Å². The van der Waals surface area contributed by atoms with Crippen LogP contribution >= 0.6 is 27.5 Å². The number of benzene rings is 1. The highest BCUT2D eigenvalue weighted by atomic mass is 79.9. The van der Waals surface area contributed by atoms with Crippen LogP contribution in [-0.2, 0) is 11.2 Å². The fourth-order valence-corrected chi connectivity index (χ4v) is 2.92. The second-order valence-electron chi connectivity index (χ2n) is 4.79. The summed E-state index contributed by atoms with van der Waals surface area (Å²) in [7, 11) is 0. The Morgan fingerprint density at radius 2 is 2.35 bits per heavy atom. The fraction of sp³-hybridized carbons (Fsp3) is 0.500. The van der Waals surface area contributed by atoms with Crippen molar-refractivity contribution in [3.63, 3.8) is 0 Å². The van der Waals surface area contributed by atoms with E-state index in [9.17, 15) is 0 Å². The van der Waals surface area contributed by atoms with E-state index in [0.717, 1.165) is 42.3 Å². The van der Waals surface area contributed by atoms with Gasteiger partial charge in [-0.1, -0.05) is 32.7 Å². The Morgan fingerprint density at radius 1 is 1.45 bits per heavy atom. The SMILES string of the molecule is Clc1cc2c(CCBr)noc2cc1OCC1CCCO1. The lowest BCUT2D eigenvalue weighted by atomic mass is 10.2. The first-order valence-corrected chi connectivity index (χ1v) is 8.16. The van der Waals surface area contributed by atoms with Crippen LogP contribution in [0.2, 0.25) is 5.02 Å². The molecule has 6 heteroatoms. The third-order valence-electron chi connectivity index (χ3n) is 3.38. The summed E-state index contributed by atoms with van der Waals surface area (Å²) in [6.07, 6.45) is 3.11. The van der Waals surface area contributed by atoms with Crippen LogP contribution in [0, 0.1) is 0 Å². The summed E-state index contributed by atoms with van der Waals surface area (Å²) in [5, 5.41) is 6.42. The first-order chi connectivity index (χ1) is 9.78. The molecule has 2 heterocycles. The lowest BCUT2D eigenvalue weighted by Gasteiger charge is -2.12. The van der Waals surface area contributed by atoms with Crippen molar-refractivity contribution in [3.8, 4) is 5.75 Å². The topological polar surface area (TPSA) is 44.5 Å². The van der Waals surface area contributed by atoms with Gasteiger partial charge in [0.05, 0.1) is 16.8 Å². The third kappa shape index (κ3) is 2.95. The Bertz CT molecular complexity index is 595. The number of nitrogens with zero attached hydrogens (tertiary/aromatic N) is 1. The van der Waals surface area contributed by atoms with Crippen LogP contribution in [0.3, 0.4) is 0 Å². The summed E-state index contributed by atoms with van der Waals surface area (Å²) >= 11 is 9.67. The monoisotopic (exact) mass is 359 g/mol. The second-order valence-corrected chi connectivity index (χ2v) is 5.99. The van der Waals surface area contributed by atoms with Crippen LogP contribution < -0.4 is 4.74 Å². The van der Waals surface area contributed by atoms with E-state index in [2.05, 4.69) is 21.1 Å². The smallest absolute Gasteiger partial charge is 0.170 e. The van der Waals surface area contributed by atoms with Gasteiger partial charge < -0.3 is 14.0 Å². The van der Waals surface area contributed by atoms with Gasteiger partial charge in [-0.05, 0) is 18.9 Å². The summed E-state index contributed by atoms with van der Waals surface area (Å²) in [4.78, 5) is 0. The molecule has 0 aliphatic carbocycles. The molecule has 1 unspecified atom stereocenters. The van der Waals surface area contributed by atoms with Gasteiger partial charge in [-0.25, -0.2) is 0 Å². The molecule has 20 heavy (non-hydrogen) atoms. The number of hydrogen-bond acceptors (Lipinski definition) is 4. The lowest BCUT2D eigenvalue weighted by Crippen LogP contribution is -2.16. The largest absolute Gasteiger partial charge is 0.489 e. The zero-order valence-corrected chi connectivity index (χ0v) is 13.2. The van der Waals surface area contributed by atoms with Gasteiger partial charge in [-0.2, -0.15) is 0 Å². The minimum absolute atomic E-state index is 0.167. The molecule has 0 spiro atoms. The van der Waals surface area contributed by atoms with Crippen molar-refractivity contribution in [3.05, 3.63) is 22.8 Å². The second kappa shape index (κ2) is 6.33. The van der Waals surface area contributed by atoms with Gasteiger partial charge in [-0.15, -0.1) is 0 Å². The molecule has 1 aromatic carbocycles. The van der Waals surface area contributed by atoms with Gasteiger partial charge in [-0.3, -0.25) is 0 Å². The van der Waals surface area contributed by atoms with Crippen LogP contribution in [-0.4, -0.2) is 29.8 Å². The quantitative estimate of drug-likeness (QED) is 0.757. The maximum atomic E-state index is 6.27. The average Bonchev–Trinajstić information content (AvgIpc) is 3.07. The zero-order chi connectivity index (χ0) is 13.9. The van der Waals surface area contributed by atoms with Gasteiger partial charge in [0.25, 0.3) is 0 Å². The predicted molar refractivity (Wildman–Crippen MR) is 81.0 cm³/mol. The molecule has 0 N–H and O–H groups in total. The molecule has 4 nitrogen and oxygen atoms in total. The van der Waals surface area contributed by atoms with Crippen molar-refractivity contribution in [2.75, 3.05) is 18.5 Å². The Morgan fingerprint density at radius 3 is 3.10 bits per heavy atom. The van der Waals surface area contributed by atoms with E-state index in [1.807, 2.05) is 6.07 Å². The molecule has 2 aromatic rings. The highest BCUT2D eigenvalue weighted by Crippen LogP contribution is 2.32. The van der Waals surface area contributed by atoms with Gasteiger partial charge in [0, 0.05) is 29.8 Å². The summed E-state index contributed by atoms with van der Waals surface area (Å²) in [6.45, 7) is 1.34. The number of aromatic nitrogens is 1. The normalized spacial score (nSPS) is 18.8. The van der Waals surface area contributed by atoms with Crippen LogP contribution in [0.25, 0.3) is 11.0 Å². The Kier molecular flexibility index (Phi) is 4.48. The highest BCUT2D eigenvalue weighted by molar-refractivity contribution is 9.09. The molecule has 1 aliphatic rings. The summed E-state index contributed by atoms with van der Waals surface area (Å²) in [5.41, 5.74) is 1.61. The predicted octanol–water partition coefficient (Wildman–Crippen LogP) is 3.98. The maximum Gasteiger partial charge on any atom is 0.170 e. The molecule has 0 amide bonds. The molecular formula is C14H15BrClNO3. The van der Waals surface area contributed by atoms with Crippen molar-refractivity contribution in [1.82, 2.24) is 5.16 Å². The summed E-state index contributed by atoms with van der Waals surface area (Å²) in [6, 6.07) is 3.66. The van der Waals surface area contributed by atoms with Crippen molar-refractivity contribution < 1.29 is 14.0 Å². The molecule has 1 aliphatic heterocycles. The van der Waals surface area contributed by atoms with E-state index in [0.29, 0.717) is 23.0 Å². The molecule has 1 atom stereocenters. The third-order valence-corrected chi connectivity index (χ3v) is 4.07. The van der Waals surface area contributed by atoms with E-state index in [1.54, 1.807) is 6.07 Å². The average molecular weight is 361 g/mol. The maximum absolute atomic E-state index is 6.27. The molecule has 1 aromatic heterocycles. The Hall–Kier alpha value is -0.780. The van der Waals surface area contributed by atoms with Crippen LogP contribution in [0.1, 0.15) is 18.5 Å². The summed E-state index contributed by atoms with van der Waals surface area (Å²) in [5.74, 6) is 0.621. The number of alkyl halides is 1. The fourth-order valence-electron chi connectivity index (χ4n) is 2.33. The van der Waals surface area contributed by atoms with Crippen LogP contribution in [0.5, 0.6) is 5.75 Å². The highest BCUT2D eigenvalue weighted by Gasteiger charge is 2.18. The molecular weight excluding hydrogens is 346 g/mol. The lowest BCUT2D eigenvalue weighted by molar-refractivity contribution is 0.0680. The molecule has 0 radical (unpaired) electrons. The van der Waals surface area contributed by atoms with E-state index in [1.165, 1.54) is 0 Å². The Balaban J connectivity index is 1.79. The van der Waals surface area contributed by atoms with E-state index in [-0.39, 0.29) is 6.10 Å². The van der Waals surface area contributed by atoms with Crippen LogP contribution in [0.4, 0.5) is 0 Å². The van der Waals surface area contributed by atoms with Crippen molar-refractivity contribution in [2.45, 2.75) is 25.4 Å². The minimum Gasteiger partial charge on any atom is -0.489 e. The van der Waals surface area contributed by atoms with Crippen molar-refractivity contribution in [2.24, 2.45) is 0 Å². The van der Waals surface area contributed by atoms with Gasteiger partial charge in [0.1, 0.15) is 12.4 Å².